The number of hydrogen-bond acceptors (Lipinski definition) is 3. The highest BCUT2D eigenvalue weighted by atomic mass is 19.3. The van der Waals surface area contributed by atoms with Gasteiger partial charge in [-0.3, -0.25) is 0 Å². The first kappa shape index (κ1) is 16.2. The summed E-state index contributed by atoms with van der Waals surface area (Å²) in [4.78, 5) is 0. The van der Waals surface area contributed by atoms with Gasteiger partial charge in [0, 0.05) is 17.6 Å². The first-order chi connectivity index (χ1) is 10.1. The van der Waals surface area contributed by atoms with Gasteiger partial charge in [-0.05, 0) is 38.3 Å². The molecule has 0 amide bonds. The van der Waals surface area contributed by atoms with Crippen molar-refractivity contribution in [3.05, 3.63) is 29.8 Å². The lowest BCUT2D eigenvalue weighted by atomic mass is 9.84. The lowest BCUT2D eigenvalue weighted by molar-refractivity contribution is -0.0507. The monoisotopic (exact) mass is 298 g/mol. The van der Waals surface area contributed by atoms with E-state index >= 15 is 0 Å². The molecule has 0 saturated heterocycles. The van der Waals surface area contributed by atoms with Crippen molar-refractivity contribution in [2.75, 3.05) is 6.54 Å². The van der Waals surface area contributed by atoms with Gasteiger partial charge in [0.25, 0.3) is 0 Å². The number of ether oxygens (including phenoxy) is 1. The summed E-state index contributed by atoms with van der Waals surface area (Å²) >= 11 is 0. The van der Waals surface area contributed by atoms with E-state index in [1.807, 2.05) is 19.1 Å². The van der Waals surface area contributed by atoms with Crippen molar-refractivity contribution in [2.45, 2.75) is 51.3 Å². The first-order valence-corrected chi connectivity index (χ1v) is 7.61. The SMILES string of the molecule is CC(NC1CCCCC1CN)c1ccccc1OC(F)F. The topological polar surface area (TPSA) is 47.3 Å². The second-order valence-electron chi connectivity index (χ2n) is 5.69. The number of rotatable bonds is 6. The van der Waals surface area contributed by atoms with Gasteiger partial charge in [0.15, 0.2) is 0 Å². The van der Waals surface area contributed by atoms with Gasteiger partial charge in [-0.1, -0.05) is 31.0 Å². The summed E-state index contributed by atoms with van der Waals surface area (Å²) in [5.74, 6) is 0.706. The summed E-state index contributed by atoms with van der Waals surface area (Å²) in [5.41, 5.74) is 6.60. The molecule has 0 aliphatic heterocycles. The number of nitrogens with one attached hydrogen (secondary N) is 1. The zero-order valence-electron chi connectivity index (χ0n) is 12.4. The number of nitrogens with two attached hydrogens (primary N) is 1. The lowest BCUT2D eigenvalue weighted by Crippen LogP contribution is -2.43. The molecule has 1 aromatic rings. The summed E-state index contributed by atoms with van der Waals surface area (Å²) in [7, 11) is 0. The molecule has 1 aromatic carbocycles. The highest BCUT2D eigenvalue weighted by Crippen LogP contribution is 2.30. The van der Waals surface area contributed by atoms with Gasteiger partial charge in [-0.15, -0.1) is 0 Å². The van der Waals surface area contributed by atoms with Gasteiger partial charge < -0.3 is 15.8 Å². The Labute approximate surface area is 124 Å². The molecular formula is C16H24F2N2O. The molecule has 3 nitrogen and oxygen atoms in total. The number of hydrogen-bond donors (Lipinski definition) is 2. The van der Waals surface area contributed by atoms with Crippen molar-refractivity contribution in [3.63, 3.8) is 0 Å². The minimum Gasteiger partial charge on any atom is -0.434 e. The third-order valence-electron chi connectivity index (χ3n) is 4.28. The molecule has 3 N–H and O–H groups in total. The zero-order chi connectivity index (χ0) is 15.2. The standard InChI is InChI=1S/C16H24F2N2O/c1-11(20-14-8-4-2-6-12(14)10-19)13-7-3-5-9-15(13)21-16(17)18/h3,5,7,9,11-12,14,16,20H,2,4,6,8,10,19H2,1H3. The van der Waals surface area contributed by atoms with Crippen LogP contribution in [0.3, 0.4) is 0 Å². The first-order valence-electron chi connectivity index (χ1n) is 7.61. The van der Waals surface area contributed by atoms with Crippen LogP contribution in [0.1, 0.15) is 44.2 Å². The molecule has 0 heterocycles. The number of alkyl halides is 2. The Morgan fingerprint density at radius 3 is 2.71 bits per heavy atom. The fourth-order valence-corrected chi connectivity index (χ4v) is 3.16. The minimum atomic E-state index is -2.80. The van der Waals surface area contributed by atoms with Crippen molar-refractivity contribution < 1.29 is 13.5 Å². The molecule has 1 fully saturated rings. The van der Waals surface area contributed by atoms with Crippen LogP contribution >= 0.6 is 0 Å². The van der Waals surface area contributed by atoms with Crippen LogP contribution in [0.15, 0.2) is 24.3 Å². The average molecular weight is 298 g/mol. The molecule has 0 bridgehead atoms. The van der Waals surface area contributed by atoms with Crippen molar-refractivity contribution in [1.29, 1.82) is 0 Å². The van der Waals surface area contributed by atoms with E-state index < -0.39 is 6.61 Å². The van der Waals surface area contributed by atoms with Crippen molar-refractivity contribution in [3.8, 4) is 5.75 Å². The fraction of sp³-hybridized carbons (Fsp3) is 0.625. The number of halogens is 2. The molecule has 1 aliphatic rings. The molecule has 1 saturated carbocycles. The van der Waals surface area contributed by atoms with E-state index in [1.165, 1.54) is 12.8 Å². The second-order valence-corrected chi connectivity index (χ2v) is 5.69. The van der Waals surface area contributed by atoms with E-state index in [2.05, 4.69) is 10.1 Å². The van der Waals surface area contributed by atoms with Gasteiger partial charge in [-0.25, -0.2) is 0 Å². The van der Waals surface area contributed by atoms with Crippen LogP contribution in [0.25, 0.3) is 0 Å². The zero-order valence-corrected chi connectivity index (χ0v) is 12.4. The minimum absolute atomic E-state index is 0.0444. The Morgan fingerprint density at radius 2 is 2.00 bits per heavy atom. The van der Waals surface area contributed by atoms with E-state index in [0.29, 0.717) is 18.5 Å². The van der Waals surface area contributed by atoms with E-state index in [9.17, 15) is 8.78 Å². The van der Waals surface area contributed by atoms with Crippen molar-refractivity contribution in [2.24, 2.45) is 11.7 Å². The third kappa shape index (κ3) is 4.38. The highest BCUT2D eigenvalue weighted by molar-refractivity contribution is 5.35. The molecule has 0 radical (unpaired) electrons. The Morgan fingerprint density at radius 1 is 1.29 bits per heavy atom. The lowest BCUT2D eigenvalue weighted by Gasteiger charge is -2.34. The van der Waals surface area contributed by atoms with E-state index in [0.717, 1.165) is 18.4 Å². The summed E-state index contributed by atoms with van der Waals surface area (Å²) in [5, 5.41) is 3.54. The summed E-state index contributed by atoms with van der Waals surface area (Å²) < 4.78 is 29.6. The van der Waals surface area contributed by atoms with Gasteiger partial charge in [0.2, 0.25) is 0 Å². The molecule has 1 aliphatic carbocycles. The van der Waals surface area contributed by atoms with Gasteiger partial charge >= 0.3 is 6.61 Å². The van der Waals surface area contributed by atoms with Crippen LogP contribution in [0.2, 0.25) is 0 Å². The maximum absolute atomic E-state index is 12.5. The van der Waals surface area contributed by atoms with Gasteiger partial charge in [0.05, 0.1) is 0 Å². The Kier molecular flexibility index (Phi) is 5.94. The molecule has 3 atom stereocenters. The number of para-hydroxylation sites is 1. The summed E-state index contributed by atoms with van der Waals surface area (Å²) in [6.07, 6.45) is 4.63. The molecule has 2 rings (SSSR count). The highest BCUT2D eigenvalue weighted by Gasteiger charge is 2.26. The molecule has 0 aromatic heterocycles. The Hall–Kier alpha value is -1.20. The number of benzene rings is 1. The quantitative estimate of drug-likeness (QED) is 0.845. The van der Waals surface area contributed by atoms with E-state index in [1.54, 1.807) is 12.1 Å². The Balaban J connectivity index is 2.07. The summed E-state index contributed by atoms with van der Waals surface area (Å²) in [6, 6.07) is 7.26. The van der Waals surface area contributed by atoms with Crippen LogP contribution in [0.4, 0.5) is 8.78 Å². The predicted molar refractivity (Wildman–Crippen MR) is 79.4 cm³/mol. The molecule has 5 heteroatoms. The third-order valence-corrected chi connectivity index (χ3v) is 4.28. The predicted octanol–water partition coefficient (Wildman–Crippen LogP) is 3.46. The van der Waals surface area contributed by atoms with Crippen LogP contribution in [0, 0.1) is 5.92 Å². The second kappa shape index (κ2) is 7.71. The maximum Gasteiger partial charge on any atom is 0.387 e. The molecule has 3 unspecified atom stereocenters. The summed E-state index contributed by atoms with van der Waals surface area (Å²) in [6.45, 7) is -0.153. The molecule has 0 spiro atoms. The van der Waals surface area contributed by atoms with Crippen molar-refractivity contribution >= 4 is 0 Å². The van der Waals surface area contributed by atoms with E-state index in [-0.39, 0.29) is 11.8 Å². The van der Waals surface area contributed by atoms with Crippen LogP contribution in [0.5, 0.6) is 5.75 Å². The normalized spacial score (nSPS) is 24.0. The van der Waals surface area contributed by atoms with Crippen LogP contribution in [-0.2, 0) is 0 Å². The van der Waals surface area contributed by atoms with E-state index in [4.69, 9.17) is 5.73 Å². The molecule has 118 valence electrons. The van der Waals surface area contributed by atoms with Gasteiger partial charge in [-0.2, -0.15) is 8.78 Å². The Bertz CT molecular complexity index is 442. The molecular weight excluding hydrogens is 274 g/mol. The van der Waals surface area contributed by atoms with Crippen LogP contribution in [-0.4, -0.2) is 19.2 Å². The maximum atomic E-state index is 12.5. The van der Waals surface area contributed by atoms with Crippen molar-refractivity contribution in [1.82, 2.24) is 5.32 Å². The average Bonchev–Trinajstić information content (AvgIpc) is 2.47. The molecule has 21 heavy (non-hydrogen) atoms. The largest absolute Gasteiger partial charge is 0.434 e. The smallest absolute Gasteiger partial charge is 0.387 e. The fourth-order valence-electron chi connectivity index (χ4n) is 3.16. The van der Waals surface area contributed by atoms with Crippen LogP contribution < -0.4 is 15.8 Å². The van der Waals surface area contributed by atoms with Gasteiger partial charge in [0.1, 0.15) is 5.75 Å².